The Morgan fingerprint density at radius 3 is 1.83 bits per heavy atom. The summed E-state index contributed by atoms with van der Waals surface area (Å²) in [6.45, 7) is 1.16. The highest BCUT2D eigenvalue weighted by molar-refractivity contribution is 8.10. The summed E-state index contributed by atoms with van der Waals surface area (Å²) in [5, 5.41) is 21.3. The lowest BCUT2D eigenvalue weighted by Crippen LogP contribution is -2.03. The van der Waals surface area contributed by atoms with Gasteiger partial charge in [0, 0.05) is 0 Å². The first-order chi connectivity index (χ1) is 8.11. The minimum atomic E-state index is -4.45. The van der Waals surface area contributed by atoms with Crippen LogP contribution in [0.1, 0.15) is 5.56 Å². The predicted molar refractivity (Wildman–Crippen MR) is 59.9 cm³/mol. The molecule has 0 fully saturated rings. The maximum absolute atomic E-state index is 10.7. The minimum Gasteiger partial charge on any atom is -0.370 e. The number of nitro groups is 2. The minimum absolute atomic E-state index is 0.218. The van der Waals surface area contributed by atoms with Crippen LogP contribution < -0.4 is 4.18 Å². The van der Waals surface area contributed by atoms with E-state index in [0.717, 1.165) is 19.1 Å². The van der Waals surface area contributed by atoms with Crippen molar-refractivity contribution in [1.29, 1.82) is 0 Å². The molecule has 18 heavy (non-hydrogen) atoms. The lowest BCUT2D eigenvalue weighted by atomic mass is 10.1. The van der Waals surface area contributed by atoms with Crippen LogP contribution in [0.5, 0.6) is 5.75 Å². The Balaban J connectivity index is 3.48. The van der Waals surface area contributed by atoms with E-state index in [-0.39, 0.29) is 5.56 Å². The Labute approximate surface area is 105 Å². The topological polar surface area (TPSA) is 130 Å². The second-order valence-corrected chi connectivity index (χ2v) is 5.16. The molecule has 1 aromatic carbocycles. The molecule has 0 aromatic heterocycles. The van der Waals surface area contributed by atoms with Gasteiger partial charge in [-0.3, -0.25) is 20.2 Å². The second-order valence-electron chi connectivity index (χ2n) is 3.08. The molecule has 1 aromatic rings. The van der Waals surface area contributed by atoms with E-state index in [4.69, 9.17) is 10.7 Å². The molecular formula is C7H5ClN2O7S. The SMILES string of the molecule is Cc1c([N+](=O)[O-])cc(OS(=O)(=O)Cl)cc1[N+](=O)[O-]. The standard InChI is InChI=1S/C7H5ClN2O7S/c1-4-6(9(11)12)2-5(17-18(8,15)16)3-7(4)10(13)14/h2-3H,1H3. The van der Waals surface area contributed by atoms with Gasteiger partial charge in [0.05, 0.1) is 32.7 Å². The Morgan fingerprint density at radius 2 is 1.56 bits per heavy atom. The first-order valence-corrected chi connectivity index (χ1v) is 6.43. The summed E-state index contributed by atoms with van der Waals surface area (Å²) in [5.41, 5.74) is -1.50. The third-order valence-corrected chi connectivity index (χ3v) is 2.50. The molecule has 0 N–H and O–H groups in total. The zero-order valence-electron chi connectivity index (χ0n) is 8.69. The quantitative estimate of drug-likeness (QED) is 0.469. The number of hydrogen-bond donors (Lipinski definition) is 0. The van der Waals surface area contributed by atoms with Gasteiger partial charge in [0.25, 0.3) is 11.4 Å². The Hall–Kier alpha value is -1.94. The molecule has 11 heteroatoms. The van der Waals surface area contributed by atoms with E-state index in [2.05, 4.69) is 4.18 Å². The van der Waals surface area contributed by atoms with Gasteiger partial charge in [0.1, 0.15) is 5.56 Å². The van der Waals surface area contributed by atoms with Gasteiger partial charge in [0.2, 0.25) is 0 Å². The van der Waals surface area contributed by atoms with Gasteiger partial charge >= 0.3 is 9.33 Å². The number of nitro benzene ring substituents is 2. The van der Waals surface area contributed by atoms with Crippen molar-refractivity contribution in [2.24, 2.45) is 0 Å². The smallest absolute Gasteiger partial charge is 0.370 e. The van der Waals surface area contributed by atoms with Crippen molar-refractivity contribution >= 4 is 31.4 Å². The fourth-order valence-corrected chi connectivity index (χ4v) is 1.75. The highest BCUT2D eigenvalue weighted by Gasteiger charge is 2.25. The monoisotopic (exact) mass is 296 g/mol. The molecule has 0 aliphatic heterocycles. The summed E-state index contributed by atoms with van der Waals surface area (Å²) in [5.74, 6) is -0.603. The molecule has 0 saturated carbocycles. The van der Waals surface area contributed by atoms with Crippen LogP contribution in [-0.4, -0.2) is 18.3 Å². The third-order valence-electron chi connectivity index (χ3n) is 1.92. The first kappa shape index (κ1) is 14.1. The van der Waals surface area contributed by atoms with Crippen molar-refractivity contribution < 1.29 is 22.4 Å². The van der Waals surface area contributed by atoms with Crippen LogP contribution in [0.3, 0.4) is 0 Å². The van der Waals surface area contributed by atoms with Crippen LogP contribution in [0.2, 0.25) is 0 Å². The molecule has 0 atom stereocenters. The van der Waals surface area contributed by atoms with Crippen LogP contribution in [0.4, 0.5) is 11.4 Å². The van der Waals surface area contributed by atoms with E-state index in [1.54, 1.807) is 0 Å². The van der Waals surface area contributed by atoms with E-state index in [0.29, 0.717) is 0 Å². The van der Waals surface area contributed by atoms with Crippen molar-refractivity contribution in [3.63, 3.8) is 0 Å². The van der Waals surface area contributed by atoms with Crippen molar-refractivity contribution in [1.82, 2.24) is 0 Å². The first-order valence-electron chi connectivity index (χ1n) is 4.19. The predicted octanol–water partition coefficient (Wildman–Crippen LogP) is 1.67. The number of rotatable bonds is 4. The molecule has 0 bridgehead atoms. The highest BCUT2D eigenvalue weighted by atomic mass is 35.7. The van der Waals surface area contributed by atoms with Gasteiger partial charge in [-0.2, -0.15) is 8.42 Å². The van der Waals surface area contributed by atoms with Gasteiger partial charge in [0.15, 0.2) is 5.75 Å². The average Bonchev–Trinajstić information content (AvgIpc) is 2.17. The molecule has 0 spiro atoms. The maximum atomic E-state index is 10.7. The molecule has 9 nitrogen and oxygen atoms in total. The lowest BCUT2D eigenvalue weighted by Gasteiger charge is -2.03. The zero-order valence-corrected chi connectivity index (χ0v) is 10.3. The lowest BCUT2D eigenvalue weighted by molar-refractivity contribution is -0.395. The molecule has 0 aliphatic carbocycles. The van der Waals surface area contributed by atoms with Crippen molar-refractivity contribution in [3.05, 3.63) is 37.9 Å². The summed E-state index contributed by atoms with van der Waals surface area (Å²) in [7, 11) is 0.334. The molecular weight excluding hydrogens is 292 g/mol. The largest absolute Gasteiger partial charge is 0.401 e. The summed E-state index contributed by atoms with van der Waals surface area (Å²) in [4.78, 5) is 19.5. The molecule has 1 rings (SSSR count). The fourth-order valence-electron chi connectivity index (χ4n) is 1.20. The Morgan fingerprint density at radius 1 is 1.17 bits per heavy atom. The van der Waals surface area contributed by atoms with Crippen LogP contribution in [0, 0.1) is 27.2 Å². The summed E-state index contributed by atoms with van der Waals surface area (Å²) >= 11 is 0. The number of nitrogens with zero attached hydrogens (tertiary/aromatic N) is 2. The van der Waals surface area contributed by atoms with E-state index in [1.807, 2.05) is 0 Å². The summed E-state index contributed by atoms with van der Waals surface area (Å²) < 4.78 is 25.5. The van der Waals surface area contributed by atoms with Gasteiger partial charge in [-0.1, -0.05) is 0 Å². The second kappa shape index (κ2) is 4.74. The van der Waals surface area contributed by atoms with Gasteiger partial charge in [-0.25, -0.2) is 0 Å². The van der Waals surface area contributed by atoms with E-state index >= 15 is 0 Å². The molecule has 0 heterocycles. The van der Waals surface area contributed by atoms with E-state index in [9.17, 15) is 28.6 Å². The number of halogens is 1. The molecule has 98 valence electrons. The maximum Gasteiger partial charge on any atom is 0.401 e. The van der Waals surface area contributed by atoms with Crippen molar-refractivity contribution in [3.8, 4) is 5.75 Å². The zero-order chi connectivity index (χ0) is 14.1. The summed E-state index contributed by atoms with van der Waals surface area (Å²) in [6, 6.07) is 1.48. The van der Waals surface area contributed by atoms with Crippen LogP contribution in [-0.2, 0) is 9.33 Å². The summed E-state index contributed by atoms with van der Waals surface area (Å²) in [6.07, 6.45) is 0. The molecule has 0 unspecified atom stereocenters. The molecule has 0 amide bonds. The van der Waals surface area contributed by atoms with Gasteiger partial charge < -0.3 is 4.18 Å². The highest BCUT2D eigenvalue weighted by Crippen LogP contribution is 2.33. The van der Waals surface area contributed by atoms with Crippen molar-refractivity contribution in [2.75, 3.05) is 0 Å². The van der Waals surface area contributed by atoms with Crippen LogP contribution in [0.25, 0.3) is 0 Å². The fraction of sp³-hybridized carbons (Fsp3) is 0.143. The van der Waals surface area contributed by atoms with Crippen molar-refractivity contribution in [2.45, 2.75) is 6.92 Å². The number of benzene rings is 1. The third kappa shape index (κ3) is 3.28. The number of hydrogen-bond acceptors (Lipinski definition) is 7. The Bertz CT molecular complexity index is 592. The van der Waals surface area contributed by atoms with Gasteiger partial charge in [-0.05, 0) is 6.92 Å². The van der Waals surface area contributed by atoms with E-state index in [1.165, 1.54) is 0 Å². The van der Waals surface area contributed by atoms with E-state index < -0.39 is 36.3 Å². The molecule has 0 aliphatic rings. The molecule has 0 radical (unpaired) electrons. The Kier molecular flexibility index (Phi) is 3.72. The molecule has 0 saturated heterocycles. The normalized spacial score (nSPS) is 11.0. The van der Waals surface area contributed by atoms with Gasteiger partial charge in [-0.15, -0.1) is 0 Å². The average molecular weight is 297 g/mol. The van der Waals surface area contributed by atoms with Crippen LogP contribution >= 0.6 is 10.7 Å². The van der Waals surface area contributed by atoms with Crippen LogP contribution in [0.15, 0.2) is 12.1 Å².